The molecule has 0 saturated heterocycles. The largest absolute Gasteiger partial charge is 0.472 e. The molecule has 4 nitrogen and oxygen atoms in total. The van der Waals surface area contributed by atoms with Crippen molar-refractivity contribution in [2.45, 2.75) is 6.42 Å². The van der Waals surface area contributed by atoms with Crippen LogP contribution in [-0.2, 0) is 6.42 Å². The second kappa shape index (κ2) is 4.14. The zero-order chi connectivity index (χ0) is 10.8. The van der Waals surface area contributed by atoms with Gasteiger partial charge in [-0.3, -0.25) is 4.79 Å². The van der Waals surface area contributed by atoms with Crippen molar-refractivity contribution in [2.24, 2.45) is 0 Å². The molecular formula is C9H9BN2O2S. The monoisotopic (exact) mass is 220 g/mol. The molecule has 0 spiro atoms. The molecular weight excluding hydrogens is 211 g/mol. The molecule has 0 atom stereocenters. The fourth-order valence-corrected chi connectivity index (χ4v) is 1.57. The van der Waals surface area contributed by atoms with Gasteiger partial charge in [0.05, 0.1) is 0 Å². The van der Waals surface area contributed by atoms with E-state index in [1.807, 2.05) is 6.07 Å². The average molecular weight is 220 g/mol. The second-order valence-electron chi connectivity index (χ2n) is 3.17. The van der Waals surface area contributed by atoms with Crippen LogP contribution in [0.4, 0.5) is 0 Å². The molecule has 2 rings (SSSR count). The van der Waals surface area contributed by atoms with Crippen molar-refractivity contribution >= 4 is 26.5 Å². The number of carbonyl (C=O) groups excluding carboxylic acids is 1. The van der Waals surface area contributed by atoms with Gasteiger partial charge in [0.2, 0.25) is 7.98 Å². The van der Waals surface area contributed by atoms with Crippen LogP contribution >= 0.6 is 12.6 Å². The molecule has 1 amide bonds. The van der Waals surface area contributed by atoms with Crippen LogP contribution in [0.15, 0.2) is 12.1 Å². The summed E-state index contributed by atoms with van der Waals surface area (Å²) in [5.41, 5.74) is 1.10. The fourth-order valence-electron chi connectivity index (χ4n) is 1.34. The van der Waals surface area contributed by atoms with E-state index in [0.717, 1.165) is 10.5 Å². The predicted octanol–water partition coefficient (Wildman–Crippen LogP) is 0.430. The van der Waals surface area contributed by atoms with E-state index in [2.05, 4.69) is 17.6 Å². The Hall–Kier alpha value is -1.17. The molecule has 1 aliphatic heterocycles. The molecule has 0 aliphatic carbocycles. The first-order valence-corrected chi connectivity index (χ1v) is 5.16. The summed E-state index contributed by atoms with van der Waals surface area (Å²) in [6.07, 6.45) is 0.717. The van der Waals surface area contributed by atoms with Gasteiger partial charge in [-0.05, 0) is 24.3 Å². The van der Waals surface area contributed by atoms with E-state index < -0.39 is 0 Å². The summed E-state index contributed by atoms with van der Waals surface area (Å²) < 4.78 is 5.24. The lowest BCUT2D eigenvalue weighted by molar-refractivity contribution is 0.0712. The van der Waals surface area contributed by atoms with E-state index in [4.69, 9.17) is 12.7 Å². The Bertz CT molecular complexity index is 400. The van der Waals surface area contributed by atoms with Gasteiger partial charge in [-0.1, -0.05) is 0 Å². The van der Waals surface area contributed by atoms with Crippen LogP contribution in [0.25, 0.3) is 0 Å². The number of thiol groups is 1. The van der Waals surface area contributed by atoms with Crippen LogP contribution in [0.2, 0.25) is 0 Å². The lowest BCUT2D eigenvalue weighted by Gasteiger charge is -2.25. The number of aryl methyl sites for hydroxylation is 1. The topological polar surface area (TPSA) is 42.4 Å². The SMILES string of the molecule is [B]N1COc2ccc(CCS)nc2C1=O. The number of nitrogens with zero attached hydrogens (tertiary/aromatic N) is 2. The molecule has 6 heteroatoms. The lowest BCUT2D eigenvalue weighted by atomic mass is 10.2. The first kappa shape index (κ1) is 10.4. The number of hydrogen-bond acceptors (Lipinski definition) is 4. The van der Waals surface area contributed by atoms with Gasteiger partial charge in [-0.15, -0.1) is 0 Å². The number of amides is 1. The van der Waals surface area contributed by atoms with Gasteiger partial charge in [0.15, 0.2) is 18.2 Å². The average Bonchev–Trinajstić information content (AvgIpc) is 2.25. The molecule has 0 unspecified atom stereocenters. The number of rotatable bonds is 2. The first-order valence-electron chi connectivity index (χ1n) is 4.52. The Morgan fingerprint density at radius 3 is 3.13 bits per heavy atom. The second-order valence-corrected chi connectivity index (χ2v) is 3.62. The normalized spacial score (nSPS) is 14.7. The molecule has 1 aromatic heterocycles. The fraction of sp³-hybridized carbons (Fsp3) is 0.333. The first-order chi connectivity index (χ1) is 7.22. The van der Waals surface area contributed by atoms with E-state index in [-0.39, 0.29) is 18.3 Å². The Morgan fingerprint density at radius 1 is 1.60 bits per heavy atom. The summed E-state index contributed by atoms with van der Waals surface area (Å²) in [5, 5.41) is 0. The molecule has 15 heavy (non-hydrogen) atoms. The van der Waals surface area contributed by atoms with E-state index in [1.54, 1.807) is 6.07 Å². The van der Waals surface area contributed by atoms with Gasteiger partial charge in [0.25, 0.3) is 5.91 Å². The lowest BCUT2D eigenvalue weighted by Crippen LogP contribution is -2.37. The Balaban J connectivity index is 2.37. The maximum atomic E-state index is 11.6. The molecule has 1 aromatic rings. The minimum atomic E-state index is -0.308. The van der Waals surface area contributed by atoms with Crippen molar-refractivity contribution in [1.29, 1.82) is 0 Å². The molecule has 0 bridgehead atoms. The quantitative estimate of drug-likeness (QED) is 0.580. The Labute approximate surface area is 94.5 Å². The highest BCUT2D eigenvalue weighted by Gasteiger charge is 2.23. The number of pyridine rings is 1. The highest BCUT2D eigenvalue weighted by Crippen LogP contribution is 2.22. The Morgan fingerprint density at radius 2 is 2.40 bits per heavy atom. The van der Waals surface area contributed by atoms with Gasteiger partial charge in [-0.2, -0.15) is 12.6 Å². The maximum Gasteiger partial charge on any atom is 0.265 e. The third-order valence-corrected chi connectivity index (χ3v) is 2.33. The predicted molar refractivity (Wildman–Crippen MR) is 59.2 cm³/mol. The number of ether oxygens (including phenoxy) is 1. The summed E-state index contributed by atoms with van der Waals surface area (Å²) in [4.78, 5) is 16.8. The number of fused-ring (bicyclic) bond motifs is 1. The third kappa shape index (κ3) is 1.94. The van der Waals surface area contributed by atoms with Crippen molar-refractivity contribution in [1.82, 2.24) is 9.79 Å². The van der Waals surface area contributed by atoms with Gasteiger partial charge in [0, 0.05) is 5.69 Å². The highest BCUT2D eigenvalue weighted by atomic mass is 32.1. The highest BCUT2D eigenvalue weighted by molar-refractivity contribution is 7.80. The van der Waals surface area contributed by atoms with Crippen molar-refractivity contribution in [3.63, 3.8) is 0 Å². The summed E-state index contributed by atoms with van der Waals surface area (Å²) in [7, 11) is 5.42. The van der Waals surface area contributed by atoms with Crippen LogP contribution in [0, 0.1) is 0 Å². The molecule has 0 saturated carbocycles. The van der Waals surface area contributed by atoms with Crippen LogP contribution in [0.3, 0.4) is 0 Å². The molecule has 2 heterocycles. The van der Waals surface area contributed by atoms with Gasteiger partial charge < -0.3 is 9.55 Å². The maximum absolute atomic E-state index is 11.6. The van der Waals surface area contributed by atoms with Crippen molar-refractivity contribution in [3.05, 3.63) is 23.5 Å². The van der Waals surface area contributed by atoms with Crippen molar-refractivity contribution < 1.29 is 9.53 Å². The minimum absolute atomic E-state index is 0.0689. The zero-order valence-electron chi connectivity index (χ0n) is 8.01. The molecule has 76 valence electrons. The van der Waals surface area contributed by atoms with E-state index in [0.29, 0.717) is 17.9 Å². The van der Waals surface area contributed by atoms with Crippen LogP contribution < -0.4 is 4.74 Å². The Kier molecular flexibility index (Phi) is 2.86. The molecule has 0 aromatic carbocycles. The summed E-state index contributed by atoms with van der Waals surface area (Å²) in [5.74, 6) is 0.870. The van der Waals surface area contributed by atoms with Gasteiger partial charge >= 0.3 is 0 Å². The summed E-state index contributed by atoms with van der Waals surface area (Å²) in [6, 6.07) is 3.57. The minimum Gasteiger partial charge on any atom is -0.472 e. The van der Waals surface area contributed by atoms with Crippen molar-refractivity contribution in [2.75, 3.05) is 12.5 Å². The van der Waals surface area contributed by atoms with Crippen LogP contribution in [0.5, 0.6) is 5.75 Å². The molecule has 0 fully saturated rings. The third-order valence-electron chi connectivity index (χ3n) is 2.11. The molecule has 1 aliphatic rings. The summed E-state index contributed by atoms with van der Waals surface area (Å²) >= 11 is 4.11. The number of aromatic nitrogens is 1. The van der Waals surface area contributed by atoms with Gasteiger partial charge in [0.1, 0.15) is 0 Å². The van der Waals surface area contributed by atoms with E-state index >= 15 is 0 Å². The van der Waals surface area contributed by atoms with Gasteiger partial charge in [-0.25, -0.2) is 4.98 Å². The van der Waals surface area contributed by atoms with Crippen LogP contribution in [-0.4, -0.2) is 36.2 Å². The summed E-state index contributed by atoms with van der Waals surface area (Å²) in [6.45, 7) is 0.0689. The zero-order valence-corrected chi connectivity index (χ0v) is 8.91. The van der Waals surface area contributed by atoms with E-state index in [9.17, 15) is 4.79 Å². The van der Waals surface area contributed by atoms with E-state index in [1.165, 1.54) is 0 Å². The number of carbonyl (C=O) groups is 1. The van der Waals surface area contributed by atoms with Crippen molar-refractivity contribution in [3.8, 4) is 5.75 Å². The number of hydrogen-bond donors (Lipinski definition) is 1. The van der Waals surface area contributed by atoms with Crippen LogP contribution in [0.1, 0.15) is 16.2 Å². The molecule has 2 radical (unpaired) electrons. The smallest absolute Gasteiger partial charge is 0.265 e. The standard InChI is InChI=1S/C9H9BN2O2S/c10-12-5-14-7-2-1-6(3-4-15)11-8(7)9(12)13/h1-2,15H,3-5H2. The molecule has 0 N–H and O–H groups in total.